The summed E-state index contributed by atoms with van der Waals surface area (Å²) in [6.07, 6.45) is 1.38. The van der Waals surface area contributed by atoms with Crippen molar-refractivity contribution in [2.45, 2.75) is 0 Å². The molecule has 0 N–H and O–H groups in total. The summed E-state index contributed by atoms with van der Waals surface area (Å²) >= 11 is 5.58. The molecule has 0 aromatic carbocycles. The third-order valence-electron chi connectivity index (χ3n) is 1.56. The number of pyridine rings is 1. The number of methoxy groups -OCH3 is 1. The van der Waals surface area contributed by atoms with Crippen molar-refractivity contribution in [1.29, 1.82) is 0 Å². The van der Waals surface area contributed by atoms with Crippen molar-refractivity contribution < 1.29 is 9.53 Å². The van der Waals surface area contributed by atoms with Crippen molar-refractivity contribution >= 4 is 17.6 Å². The first-order valence-corrected chi connectivity index (χ1v) is 3.88. The highest BCUT2D eigenvalue weighted by atomic mass is 35.5. The molecule has 0 bridgehead atoms. The van der Waals surface area contributed by atoms with Gasteiger partial charge in [-0.3, -0.25) is 4.79 Å². The van der Waals surface area contributed by atoms with Gasteiger partial charge in [-0.05, 0) is 6.07 Å². The van der Waals surface area contributed by atoms with E-state index in [4.69, 9.17) is 11.6 Å². The number of nitrogens with zero attached hydrogens (tertiary/aromatic N) is 1. The highest BCUT2D eigenvalue weighted by molar-refractivity contribution is 6.30. The minimum absolute atomic E-state index is 0.00500. The quantitative estimate of drug-likeness (QED) is 0.633. The van der Waals surface area contributed by atoms with Gasteiger partial charge in [0.15, 0.2) is 0 Å². The predicted molar refractivity (Wildman–Crippen MR) is 48.0 cm³/mol. The number of hydrogen-bond donors (Lipinski definition) is 0. The molecular weight excluding hydrogens is 194 g/mol. The van der Waals surface area contributed by atoms with E-state index >= 15 is 0 Å². The van der Waals surface area contributed by atoms with Gasteiger partial charge in [0.2, 0.25) is 0 Å². The molecule has 4 nitrogen and oxygen atoms in total. The Hall–Kier alpha value is -1.29. The van der Waals surface area contributed by atoms with E-state index in [1.165, 1.54) is 31.0 Å². The molecule has 0 aliphatic rings. The lowest BCUT2D eigenvalue weighted by molar-refractivity contribution is 0.0599. The van der Waals surface area contributed by atoms with Crippen LogP contribution in [0.2, 0.25) is 5.02 Å². The van der Waals surface area contributed by atoms with Crippen LogP contribution in [0.15, 0.2) is 17.1 Å². The van der Waals surface area contributed by atoms with Crippen LogP contribution in [0, 0.1) is 0 Å². The number of hydrogen-bond acceptors (Lipinski definition) is 3. The lowest BCUT2D eigenvalue weighted by Gasteiger charge is -2.02. The van der Waals surface area contributed by atoms with Crippen molar-refractivity contribution in [3.63, 3.8) is 0 Å². The molecule has 0 unspecified atom stereocenters. The summed E-state index contributed by atoms with van der Waals surface area (Å²) in [5.74, 6) is -0.516. The van der Waals surface area contributed by atoms with Crippen molar-refractivity contribution in [3.8, 4) is 0 Å². The molecule has 0 atom stereocenters. The lowest BCUT2D eigenvalue weighted by Crippen LogP contribution is -2.18. The standard InChI is InChI=1S/C8H8ClNO3/c1-10-4-5(8(12)13-2)3-6(9)7(10)11/h3-4H,1-2H3. The Morgan fingerprint density at radius 1 is 1.62 bits per heavy atom. The molecule has 1 rings (SSSR count). The van der Waals surface area contributed by atoms with Crippen LogP contribution in [0.1, 0.15) is 10.4 Å². The molecule has 0 saturated heterocycles. The molecule has 0 amide bonds. The molecule has 1 heterocycles. The van der Waals surface area contributed by atoms with Crippen molar-refractivity contribution in [3.05, 3.63) is 33.2 Å². The smallest absolute Gasteiger partial charge is 0.339 e. The van der Waals surface area contributed by atoms with Gasteiger partial charge in [-0.1, -0.05) is 11.6 Å². The number of aromatic nitrogens is 1. The highest BCUT2D eigenvalue weighted by Crippen LogP contribution is 2.06. The maximum Gasteiger partial charge on any atom is 0.339 e. The third-order valence-corrected chi connectivity index (χ3v) is 1.83. The summed E-state index contributed by atoms with van der Waals surface area (Å²) in [5, 5.41) is 0.00500. The second-order valence-electron chi connectivity index (χ2n) is 2.48. The summed E-state index contributed by atoms with van der Waals surface area (Å²) < 4.78 is 5.70. The Balaban J connectivity index is 3.29. The predicted octanol–water partition coefficient (Wildman–Crippen LogP) is 0.825. The maximum atomic E-state index is 11.1. The van der Waals surface area contributed by atoms with Crippen LogP contribution in [0.5, 0.6) is 0 Å². The monoisotopic (exact) mass is 201 g/mol. The van der Waals surface area contributed by atoms with Crippen molar-refractivity contribution in [2.75, 3.05) is 7.11 Å². The Kier molecular flexibility index (Phi) is 2.72. The molecule has 0 fully saturated rings. The third kappa shape index (κ3) is 1.89. The number of carbonyl (C=O) groups is 1. The van der Waals surface area contributed by atoms with Gasteiger partial charge < -0.3 is 9.30 Å². The van der Waals surface area contributed by atoms with Gasteiger partial charge in [-0.2, -0.15) is 0 Å². The fourth-order valence-electron chi connectivity index (χ4n) is 0.901. The first-order valence-electron chi connectivity index (χ1n) is 3.50. The Morgan fingerprint density at radius 3 is 2.69 bits per heavy atom. The van der Waals surface area contributed by atoms with Crippen LogP contribution in [0.25, 0.3) is 0 Å². The molecule has 0 aliphatic heterocycles. The van der Waals surface area contributed by atoms with E-state index in [0.717, 1.165) is 0 Å². The second-order valence-corrected chi connectivity index (χ2v) is 2.89. The van der Waals surface area contributed by atoms with E-state index in [0.29, 0.717) is 0 Å². The summed E-state index contributed by atoms with van der Waals surface area (Å²) in [4.78, 5) is 22.1. The average molecular weight is 202 g/mol. The summed E-state index contributed by atoms with van der Waals surface area (Å²) in [5.41, 5.74) is -0.0797. The molecule has 0 spiro atoms. The molecule has 13 heavy (non-hydrogen) atoms. The topological polar surface area (TPSA) is 48.3 Å². The van der Waals surface area contributed by atoms with E-state index in [2.05, 4.69) is 4.74 Å². The van der Waals surface area contributed by atoms with E-state index < -0.39 is 5.97 Å². The van der Waals surface area contributed by atoms with E-state index in [1.807, 2.05) is 0 Å². The molecule has 0 radical (unpaired) electrons. The van der Waals surface area contributed by atoms with Crippen LogP contribution in [0.4, 0.5) is 0 Å². The number of rotatable bonds is 1. The molecule has 1 aromatic rings. The van der Waals surface area contributed by atoms with Crippen LogP contribution < -0.4 is 5.56 Å². The van der Waals surface area contributed by atoms with E-state index in [-0.39, 0.29) is 16.1 Å². The number of esters is 1. The maximum absolute atomic E-state index is 11.1. The lowest BCUT2D eigenvalue weighted by atomic mass is 10.3. The van der Waals surface area contributed by atoms with Crippen LogP contribution in [-0.2, 0) is 11.8 Å². The Morgan fingerprint density at radius 2 is 2.23 bits per heavy atom. The van der Waals surface area contributed by atoms with Gasteiger partial charge in [0.05, 0.1) is 12.7 Å². The van der Waals surface area contributed by atoms with Gasteiger partial charge in [0, 0.05) is 13.2 Å². The summed E-state index contributed by atoms with van der Waals surface area (Å²) in [6.45, 7) is 0. The molecule has 0 saturated carbocycles. The molecule has 5 heteroatoms. The largest absolute Gasteiger partial charge is 0.465 e. The fourth-order valence-corrected chi connectivity index (χ4v) is 1.15. The first kappa shape index (κ1) is 9.80. The highest BCUT2D eigenvalue weighted by Gasteiger charge is 2.09. The molecule has 70 valence electrons. The zero-order chi connectivity index (χ0) is 10.0. The van der Waals surface area contributed by atoms with E-state index in [9.17, 15) is 9.59 Å². The summed E-state index contributed by atoms with van der Waals surface area (Å²) in [6, 6.07) is 1.29. The minimum Gasteiger partial charge on any atom is -0.465 e. The number of aryl methyl sites for hydroxylation is 1. The number of ether oxygens (including phenoxy) is 1. The van der Waals surface area contributed by atoms with Gasteiger partial charge in [0.1, 0.15) is 5.02 Å². The molecule has 1 aromatic heterocycles. The SMILES string of the molecule is COC(=O)c1cc(Cl)c(=O)n(C)c1. The fraction of sp³-hybridized carbons (Fsp3) is 0.250. The van der Waals surface area contributed by atoms with Gasteiger partial charge in [0.25, 0.3) is 5.56 Å². The van der Waals surface area contributed by atoms with Crippen molar-refractivity contribution in [1.82, 2.24) is 4.57 Å². The van der Waals surface area contributed by atoms with Gasteiger partial charge >= 0.3 is 5.97 Å². The van der Waals surface area contributed by atoms with Crippen LogP contribution in [-0.4, -0.2) is 17.6 Å². The van der Waals surface area contributed by atoms with Crippen molar-refractivity contribution in [2.24, 2.45) is 7.05 Å². The zero-order valence-electron chi connectivity index (χ0n) is 7.20. The normalized spacial score (nSPS) is 9.77. The first-order chi connectivity index (χ1) is 6.06. The van der Waals surface area contributed by atoms with E-state index in [1.54, 1.807) is 0 Å². The molecule has 0 aliphatic carbocycles. The van der Waals surface area contributed by atoms with Crippen LogP contribution >= 0.6 is 11.6 Å². The zero-order valence-corrected chi connectivity index (χ0v) is 7.96. The second kappa shape index (κ2) is 3.62. The van der Waals surface area contributed by atoms with Gasteiger partial charge in [-0.15, -0.1) is 0 Å². The average Bonchev–Trinajstić information content (AvgIpc) is 2.12. The van der Waals surface area contributed by atoms with Gasteiger partial charge in [-0.25, -0.2) is 4.79 Å². The number of halogens is 1. The summed E-state index contributed by atoms with van der Waals surface area (Å²) in [7, 11) is 2.78. The molecular formula is C8H8ClNO3. The minimum atomic E-state index is -0.516. The Bertz CT molecular complexity index is 371. The van der Waals surface area contributed by atoms with Crippen LogP contribution in [0.3, 0.4) is 0 Å². The Labute approximate surface area is 79.7 Å². The number of carbonyl (C=O) groups excluding carboxylic acids is 1.